The van der Waals surface area contributed by atoms with Gasteiger partial charge in [0.15, 0.2) is 0 Å². The van der Waals surface area contributed by atoms with E-state index in [2.05, 4.69) is 33.6 Å². The first-order valence-electron chi connectivity index (χ1n) is 5.71. The van der Waals surface area contributed by atoms with E-state index in [0.717, 1.165) is 18.9 Å². The van der Waals surface area contributed by atoms with Crippen molar-refractivity contribution in [3.05, 3.63) is 18.2 Å². The van der Waals surface area contributed by atoms with Gasteiger partial charge in [-0.15, -0.1) is 0 Å². The van der Waals surface area contributed by atoms with Crippen LogP contribution in [-0.2, 0) is 13.1 Å². The number of rotatable bonds is 4. The predicted molar refractivity (Wildman–Crippen MR) is 65.1 cm³/mol. The van der Waals surface area contributed by atoms with E-state index in [9.17, 15) is 0 Å². The van der Waals surface area contributed by atoms with Crippen LogP contribution >= 0.6 is 11.8 Å². The monoisotopic (exact) mass is 225 g/mol. The maximum Gasteiger partial charge on any atom is 0.122 e. The zero-order valence-electron chi connectivity index (χ0n) is 9.28. The second-order valence-electron chi connectivity index (χ2n) is 3.90. The van der Waals surface area contributed by atoms with Crippen LogP contribution in [0.5, 0.6) is 0 Å². The SMILES string of the molecule is CCn1ccnc1CNC1CCSCC1. The third-order valence-corrected chi connectivity index (χ3v) is 3.96. The second kappa shape index (κ2) is 5.56. The Kier molecular flexibility index (Phi) is 4.09. The summed E-state index contributed by atoms with van der Waals surface area (Å²) >= 11 is 2.07. The van der Waals surface area contributed by atoms with E-state index in [1.165, 1.54) is 24.3 Å². The highest BCUT2D eigenvalue weighted by Crippen LogP contribution is 2.17. The molecule has 0 bridgehead atoms. The Morgan fingerprint density at radius 3 is 3.07 bits per heavy atom. The van der Waals surface area contributed by atoms with Crippen molar-refractivity contribution in [3.8, 4) is 0 Å². The Hall–Kier alpha value is -0.480. The molecular formula is C11H19N3S. The van der Waals surface area contributed by atoms with E-state index in [1.807, 2.05) is 12.4 Å². The maximum absolute atomic E-state index is 4.37. The molecule has 0 amide bonds. The summed E-state index contributed by atoms with van der Waals surface area (Å²) in [5.74, 6) is 3.77. The minimum absolute atomic E-state index is 0.702. The number of aromatic nitrogens is 2. The lowest BCUT2D eigenvalue weighted by molar-refractivity contribution is 0.467. The Bertz CT molecular complexity index is 292. The predicted octanol–water partition coefficient (Wildman–Crippen LogP) is 1.89. The van der Waals surface area contributed by atoms with Crippen LogP contribution in [0.15, 0.2) is 12.4 Å². The van der Waals surface area contributed by atoms with Crippen molar-refractivity contribution in [1.82, 2.24) is 14.9 Å². The zero-order valence-corrected chi connectivity index (χ0v) is 10.1. The van der Waals surface area contributed by atoms with Gasteiger partial charge < -0.3 is 9.88 Å². The topological polar surface area (TPSA) is 29.9 Å². The van der Waals surface area contributed by atoms with Crippen molar-refractivity contribution in [2.75, 3.05) is 11.5 Å². The Labute approximate surface area is 95.7 Å². The first-order chi connectivity index (χ1) is 7.40. The molecule has 0 atom stereocenters. The van der Waals surface area contributed by atoms with E-state index in [4.69, 9.17) is 0 Å². The third-order valence-electron chi connectivity index (χ3n) is 2.91. The van der Waals surface area contributed by atoms with Crippen LogP contribution in [0.3, 0.4) is 0 Å². The summed E-state index contributed by atoms with van der Waals surface area (Å²) < 4.78 is 2.20. The van der Waals surface area contributed by atoms with Crippen LogP contribution < -0.4 is 5.32 Å². The van der Waals surface area contributed by atoms with Crippen molar-refractivity contribution in [3.63, 3.8) is 0 Å². The fraction of sp³-hybridized carbons (Fsp3) is 0.727. The number of hydrogen-bond donors (Lipinski definition) is 1. The smallest absolute Gasteiger partial charge is 0.122 e. The molecular weight excluding hydrogens is 206 g/mol. The average molecular weight is 225 g/mol. The van der Waals surface area contributed by atoms with Crippen LogP contribution in [-0.4, -0.2) is 27.1 Å². The fourth-order valence-corrected chi connectivity index (χ4v) is 3.04. The highest BCUT2D eigenvalue weighted by atomic mass is 32.2. The molecule has 0 saturated carbocycles. The summed E-state index contributed by atoms with van der Waals surface area (Å²) in [6, 6.07) is 0.702. The Balaban J connectivity index is 1.81. The maximum atomic E-state index is 4.37. The molecule has 1 saturated heterocycles. The number of nitrogens with one attached hydrogen (secondary N) is 1. The highest BCUT2D eigenvalue weighted by Gasteiger charge is 2.13. The first-order valence-corrected chi connectivity index (χ1v) is 6.86. The third kappa shape index (κ3) is 2.98. The average Bonchev–Trinajstić information content (AvgIpc) is 2.75. The van der Waals surface area contributed by atoms with Crippen molar-refractivity contribution < 1.29 is 0 Å². The van der Waals surface area contributed by atoms with Crippen LogP contribution in [0.25, 0.3) is 0 Å². The summed E-state index contributed by atoms with van der Waals surface area (Å²) in [5, 5.41) is 3.60. The molecule has 0 radical (unpaired) electrons. The number of thioether (sulfide) groups is 1. The number of imidazole rings is 1. The summed E-state index contributed by atoms with van der Waals surface area (Å²) in [5.41, 5.74) is 0. The lowest BCUT2D eigenvalue weighted by Gasteiger charge is -2.22. The molecule has 1 fully saturated rings. The molecule has 0 aliphatic carbocycles. The van der Waals surface area contributed by atoms with Gasteiger partial charge in [0, 0.05) is 25.0 Å². The van der Waals surface area contributed by atoms with Gasteiger partial charge in [0.1, 0.15) is 5.82 Å². The lowest BCUT2D eigenvalue weighted by Crippen LogP contribution is -2.32. The summed E-state index contributed by atoms with van der Waals surface area (Å²) in [6.45, 7) is 4.08. The van der Waals surface area contributed by atoms with Crippen molar-refractivity contribution >= 4 is 11.8 Å². The molecule has 2 heterocycles. The highest BCUT2D eigenvalue weighted by molar-refractivity contribution is 7.99. The minimum atomic E-state index is 0.702. The molecule has 84 valence electrons. The fourth-order valence-electron chi connectivity index (χ4n) is 1.93. The number of aryl methyl sites for hydroxylation is 1. The number of hydrogen-bond acceptors (Lipinski definition) is 3. The van der Waals surface area contributed by atoms with Gasteiger partial charge in [-0.2, -0.15) is 11.8 Å². The van der Waals surface area contributed by atoms with Crippen LogP contribution in [0, 0.1) is 0 Å². The van der Waals surface area contributed by atoms with Gasteiger partial charge in [-0.25, -0.2) is 4.98 Å². The lowest BCUT2D eigenvalue weighted by atomic mass is 10.1. The summed E-state index contributed by atoms with van der Waals surface area (Å²) in [6.07, 6.45) is 6.54. The van der Waals surface area contributed by atoms with Crippen LogP contribution in [0.4, 0.5) is 0 Å². The van der Waals surface area contributed by atoms with E-state index in [1.54, 1.807) is 0 Å². The molecule has 0 spiro atoms. The molecule has 4 heteroatoms. The van der Waals surface area contributed by atoms with Gasteiger partial charge in [-0.1, -0.05) is 0 Å². The van der Waals surface area contributed by atoms with E-state index < -0.39 is 0 Å². The van der Waals surface area contributed by atoms with Crippen LogP contribution in [0.1, 0.15) is 25.6 Å². The quantitative estimate of drug-likeness (QED) is 0.848. The number of nitrogens with zero attached hydrogens (tertiary/aromatic N) is 2. The molecule has 1 aromatic rings. The van der Waals surface area contributed by atoms with Gasteiger partial charge >= 0.3 is 0 Å². The minimum Gasteiger partial charge on any atom is -0.334 e. The largest absolute Gasteiger partial charge is 0.334 e. The molecule has 1 aliphatic rings. The van der Waals surface area contributed by atoms with Crippen LogP contribution in [0.2, 0.25) is 0 Å². The normalized spacial score (nSPS) is 18.2. The van der Waals surface area contributed by atoms with Gasteiger partial charge in [0.05, 0.1) is 6.54 Å². The molecule has 0 aromatic carbocycles. The van der Waals surface area contributed by atoms with Gasteiger partial charge in [0.25, 0.3) is 0 Å². The van der Waals surface area contributed by atoms with E-state index >= 15 is 0 Å². The van der Waals surface area contributed by atoms with E-state index in [-0.39, 0.29) is 0 Å². The summed E-state index contributed by atoms with van der Waals surface area (Å²) in [4.78, 5) is 4.37. The molecule has 1 aliphatic heterocycles. The zero-order chi connectivity index (χ0) is 10.5. The first kappa shape index (κ1) is 11.0. The second-order valence-corrected chi connectivity index (χ2v) is 5.12. The van der Waals surface area contributed by atoms with E-state index in [0.29, 0.717) is 6.04 Å². The van der Waals surface area contributed by atoms with Gasteiger partial charge in [-0.05, 0) is 31.3 Å². The molecule has 0 unspecified atom stereocenters. The molecule has 1 aromatic heterocycles. The van der Waals surface area contributed by atoms with Gasteiger partial charge in [-0.3, -0.25) is 0 Å². The molecule has 2 rings (SSSR count). The van der Waals surface area contributed by atoms with Crippen molar-refractivity contribution in [2.45, 2.75) is 38.9 Å². The van der Waals surface area contributed by atoms with Crippen molar-refractivity contribution in [1.29, 1.82) is 0 Å². The molecule has 1 N–H and O–H groups in total. The Morgan fingerprint density at radius 1 is 1.53 bits per heavy atom. The molecule has 15 heavy (non-hydrogen) atoms. The Morgan fingerprint density at radius 2 is 2.33 bits per heavy atom. The summed E-state index contributed by atoms with van der Waals surface area (Å²) in [7, 11) is 0. The standard InChI is InChI=1S/C11H19N3S/c1-2-14-6-5-12-11(14)9-13-10-3-7-15-8-4-10/h5-6,10,13H,2-4,7-9H2,1H3. The van der Waals surface area contributed by atoms with Crippen molar-refractivity contribution in [2.24, 2.45) is 0 Å². The molecule has 3 nitrogen and oxygen atoms in total. The van der Waals surface area contributed by atoms with Gasteiger partial charge in [0.2, 0.25) is 0 Å².